The fourth-order valence-corrected chi connectivity index (χ4v) is 1.69. The highest BCUT2D eigenvalue weighted by molar-refractivity contribution is 6.00. The van der Waals surface area contributed by atoms with Crippen LogP contribution in [0.5, 0.6) is 0 Å². The Balaban J connectivity index is 2.49. The molecular weight excluding hydrogens is 230 g/mol. The Kier molecular flexibility index (Phi) is 3.19. The van der Waals surface area contributed by atoms with Gasteiger partial charge in [-0.25, -0.2) is 4.79 Å². The second-order valence-corrected chi connectivity index (χ2v) is 3.84. The summed E-state index contributed by atoms with van der Waals surface area (Å²) < 4.78 is 0. The van der Waals surface area contributed by atoms with Gasteiger partial charge in [0, 0.05) is 17.3 Å². The minimum Gasteiger partial charge on any atom is -0.478 e. The Morgan fingerprint density at radius 2 is 1.83 bits per heavy atom. The molecule has 0 saturated carbocycles. The molecule has 1 N–H and O–H groups in total. The van der Waals surface area contributed by atoms with E-state index >= 15 is 0 Å². The lowest BCUT2D eigenvalue weighted by Gasteiger charge is -2.06. The number of Topliss-reactive ketones (excluding diaryl/α,β-unsaturated/α-hetero) is 1. The van der Waals surface area contributed by atoms with Gasteiger partial charge in [-0.05, 0) is 19.1 Å². The van der Waals surface area contributed by atoms with Gasteiger partial charge in [0.05, 0.1) is 11.3 Å². The van der Waals surface area contributed by atoms with E-state index in [-0.39, 0.29) is 11.3 Å². The first-order valence-electron chi connectivity index (χ1n) is 5.39. The standard InChI is InChI=1S/C14H11NO3/c1-9(16)11-4-2-3-5-12(11)13-7-6-10(8-15-13)14(17)18/h2-8H,1H3,(H,17,18). The number of benzene rings is 1. The zero-order valence-corrected chi connectivity index (χ0v) is 9.75. The predicted molar refractivity (Wildman–Crippen MR) is 66.6 cm³/mol. The third-order valence-electron chi connectivity index (χ3n) is 2.59. The molecule has 0 aliphatic carbocycles. The summed E-state index contributed by atoms with van der Waals surface area (Å²) in [5.41, 5.74) is 2.00. The fourth-order valence-electron chi connectivity index (χ4n) is 1.69. The maximum absolute atomic E-state index is 11.5. The monoisotopic (exact) mass is 241 g/mol. The number of pyridine rings is 1. The van der Waals surface area contributed by atoms with Crippen LogP contribution in [0.15, 0.2) is 42.6 Å². The molecule has 0 amide bonds. The van der Waals surface area contributed by atoms with Crippen molar-refractivity contribution in [3.63, 3.8) is 0 Å². The number of carboxylic acids is 1. The predicted octanol–water partition coefficient (Wildman–Crippen LogP) is 2.65. The molecule has 1 aromatic heterocycles. The van der Waals surface area contributed by atoms with E-state index in [4.69, 9.17) is 5.11 Å². The van der Waals surface area contributed by atoms with Gasteiger partial charge < -0.3 is 5.11 Å². The number of aromatic nitrogens is 1. The van der Waals surface area contributed by atoms with Crippen molar-refractivity contribution in [3.05, 3.63) is 53.7 Å². The average Bonchev–Trinajstić information content (AvgIpc) is 2.39. The number of nitrogens with zero attached hydrogens (tertiary/aromatic N) is 1. The summed E-state index contributed by atoms with van der Waals surface area (Å²) in [4.78, 5) is 26.3. The Labute approximate surface area is 104 Å². The summed E-state index contributed by atoms with van der Waals surface area (Å²) in [6.07, 6.45) is 1.29. The molecule has 4 nitrogen and oxygen atoms in total. The molecule has 0 spiro atoms. The van der Waals surface area contributed by atoms with Crippen molar-refractivity contribution in [2.75, 3.05) is 0 Å². The SMILES string of the molecule is CC(=O)c1ccccc1-c1ccc(C(=O)O)cn1. The molecule has 4 heteroatoms. The average molecular weight is 241 g/mol. The lowest BCUT2D eigenvalue weighted by molar-refractivity contribution is 0.0696. The van der Waals surface area contributed by atoms with Crippen LogP contribution < -0.4 is 0 Å². The summed E-state index contributed by atoms with van der Waals surface area (Å²) in [7, 11) is 0. The van der Waals surface area contributed by atoms with Gasteiger partial charge in [-0.1, -0.05) is 24.3 Å². The van der Waals surface area contributed by atoms with Crippen LogP contribution in [0.2, 0.25) is 0 Å². The highest BCUT2D eigenvalue weighted by atomic mass is 16.4. The quantitative estimate of drug-likeness (QED) is 0.839. The molecule has 0 bridgehead atoms. The molecule has 0 unspecified atom stereocenters. The second-order valence-electron chi connectivity index (χ2n) is 3.84. The summed E-state index contributed by atoms with van der Waals surface area (Å²) in [5, 5.41) is 8.79. The smallest absolute Gasteiger partial charge is 0.337 e. The Hall–Kier alpha value is -2.49. The molecule has 0 aliphatic rings. The first kappa shape index (κ1) is 12.0. The number of carbonyl (C=O) groups excluding carboxylic acids is 1. The fraction of sp³-hybridized carbons (Fsp3) is 0.0714. The molecule has 1 heterocycles. The van der Waals surface area contributed by atoms with E-state index in [1.807, 2.05) is 6.07 Å². The van der Waals surface area contributed by atoms with Crippen LogP contribution in [0, 0.1) is 0 Å². The number of ketones is 1. The van der Waals surface area contributed by atoms with Gasteiger partial charge in [0.2, 0.25) is 0 Å². The number of carboxylic acid groups (broad SMARTS) is 1. The van der Waals surface area contributed by atoms with Crippen LogP contribution in [-0.4, -0.2) is 21.8 Å². The van der Waals surface area contributed by atoms with Crippen molar-refractivity contribution in [2.45, 2.75) is 6.92 Å². The lowest BCUT2D eigenvalue weighted by atomic mass is 10.0. The van der Waals surface area contributed by atoms with E-state index < -0.39 is 5.97 Å². The molecule has 0 saturated heterocycles. The van der Waals surface area contributed by atoms with E-state index in [2.05, 4.69) is 4.98 Å². The van der Waals surface area contributed by atoms with Gasteiger partial charge in [-0.3, -0.25) is 9.78 Å². The van der Waals surface area contributed by atoms with Crippen LogP contribution in [0.1, 0.15) is 27.6 Å². The molecule has 90 valence electrons. The minimum atomic E-state index is -1.02. The molecule has 0 radical (unpaired) electrons. The second kappa shape index (κ2) is 4.79. The van der Waals surface area contributed by atoms with Gasteiger partial charge in [0.15, 0.2) is 5.78 Å². The van der Waals surface area contributed by atoms with Gasteiger partial charge in [0.1, 0.15) is 0 Å². The van der Waals surface area contributed by atoms with Crippen molar-refractivity contribution in [2.24, 2.45) is 0 Å². The molecule has 2 aromatic rings. The zero-order chi connectivity index (χ0) is 13.1. The summed E-state index contributed by atoms with van der Waals surface area (Å²) >= 11 is 0. The van der Waals surface area contributed by atoms with E-state index in [0.29, 0.717) is 16.8 Å². The largest absolute Gasteiger partial charge is 0.478 e. The number of aromatic carboxylic acids is 1. The lowest BCUT2D eigenvalue weighted by Crippen LogP contribution is -1.99. The van der Waals surface area contributed by atoms with Crippen LogP contribution in [0.3, 0.4) is 0 Å². The third kappa shape index (κ3) is 2.27. The Morgan fingerprint density at radius 3 is 2.39 bits per heavy atom. The Bertz CT molecular complexity index is 603. The molecule has 0 aliphatic heterocycles. The molecule has 0 fully saturated rings. The van der Waals surface area contributed by atoms with Crippen molar-refractivity contribution >= 4 is 11.8 Å². The van der Waals surface area contributed by atoms with E-state index in [1.54, 1.807) is 24.3 Å². The third-order valence-corrected chi connectivity index (χ3v) is 2.59. The van der Waals surface area contributed by atoms with Gasteiger partial charge in [-0.2, -0.15) is 0 Å². The van der Waals surface area contributed by atoms with Crippen LogP contribution in [0.4, 0.5) is 0 Å². The van der Waals surface area contributed by atoms with Gasteiger partial charge >= 0.3 is 5.97 Å². The molecule has 1 aromatic carbocycles. The summed E-state index contributed by atoms with van der Waals surface area (Å²) in [6.45, 7) is 1.49. The van der Waals surface area contributed by atoms with Gasteiger partial charge in [-0.15, -0.1) is 0 Å². The highest BCUT2D eigenvalue weighted by Crippen LogP contribution is 2.22. The number of hydrogen-bond donors (Lipinski definition) is 1. The molecule has 2 rings (SSSR count). The summed E-state index contributed by atoms with van der Waals surface area (Å²) in [6, 6.07) is 10.2. The van der Waals surface area contributed by atoms with Crippen molar-refractivity contribution in [1.82, 2.24) is 4.98 Å². The summed E-state index contributed by atoms with van der Waals surface area (Å²) in [5.74, 6) is -1.07. The van der Waals surface area contributed by atoms with Crippen molar-refractivity contribution in [3.8, 4) is 11.3 Å². The van der Waals surface area contributed by atoms with Crippen molar-refractivity contribution < 1.29 is 14.7 Å². The number of hydrogen-bond acceptors (Lipinski definition) is 3. The first-order valence-corrected chi connectivity index (χ1v) is 5.39. The van der Waals surface area contributed by atoms with Crippen LogP contribution >= 0.6 is 0 Å². The Morgan fingerprint density at radius 1 is 1.11 bits per heavy atom. The molecule has 0 atom stereocenters. The maximum Gasteiger partial charge on any atom is 0.337 e. The highest BCUT2D eigenvalue weighted by Gasteiger charge is 2.10. The van der Waals surface area contributed by atoms with E-state index in [9.17, 15) is 9.59 Å². The molecular formula is C14H11NO3. The van der Waals surface area contributed by atoms with Crippen molar-refractivity contribution in [1.29, 1.82) is 0 Å². The number of rotatable bonds is 3. The minimum absolute atomic E-state index is 0.0466. The van der Waals surface area contributed by atoms with Gasteiger partial charge in [0.25, 0.3) is 0 Å². The first-order chi connectivity index (χ1) is 8.59. The normalized spacial score (nSPS) is 10.1. The van der Waals surface area contributed by atoms with Crippen LogP contribution in [0.25, 0.3) is 11.3 Å². The zero-order valence-electron chi connectivity index (χ0n) is 9.75. The number of carbonyl (C=O) groups is 2. The maximum atomic E-state index is 11.5. The van der Waals surface area contributed by atoms with E-state index in [0.717, 1.165) is 0 Å². The topological polar surface area (TPSA) is 67.3 Å². The van der Waals surface area contributed by atoms with E-state index in [1.165, 1.54) is 19.2 Å². The molecule has 18 heavy (non-hydrogen) atoms. The van der Waals surface area contributed by atoms with Crippen LogP contribution in [-0.2, 0) is 0 Å².